The fourth-order valence-electron chi connectivity index (χ4n) is 7.89. The summed E-state index contributed by atoms with van der Waals surface area (Å²) < 4.78 is 18.7. The number of rotatable bonds is 10. The van der Waals surface area contributed by atoms with Gasteiger partial charge in [0.05, 0.1) is 10.0 Å². The Bertz CT molecular complexity index is 2380. The average molecular weight is 836 g/mol. The van der Waals surface area contributed by atoms with Crippen LogP contribution in [0.1, 0.15) is 58.0 Å². The molecule has 59 heavy (non-hydrogen) atoms. The number of carbonyl (C=O) groups excluding carboxylic acids is 2. The highest BCUT2D eigenvalue weighted by Gasteiger charge is 2.40. The minimum absolute atomic E-state index is 0.0768. The number of hydrogen-bond acceptors (Lipinski definition) is 7. The van der Waals surface area contributed by atoms with Crippen molar-refractivity contribution in [2.24, 2.45) is 0 Å². The number of nitrogens with zero attached hydrogens (tertiary/aromatic N) is 3. The first kappa shape index (κ1) is 40.0. The van der Waals surface area contributed by atoms with Crippen LogP contribution < -0.4 is 19.5 Å². The Kier molecular flexibility index (Phi) is 11.7. The van der Waals surface area contributed by atoms with E-state index in [0.29, 0.717) is 47.0 Å². The van der Waals surface area contributed by atoms with E-state index in [1.165, 1.54) is 0 Å². The van der Waals surface area contributed by atoms with Gasteiger partial charge < -0.3 is 34.4 Å². The molecule has 304 valence electrons. The molecular weight excluding hydrogens is 791 g/mol. The molecule has 3 amide bonds. The normalized spacial score (nSPS) is 17.6. The Morgan fingerprint density at radius 1 is 0.898 bits per heavy atom. The van der Waals surface area contributed by atoms with Crippen molar-refractivity contribution in [1.82, 2.24) is 20.1 Å². The second-order valence-corrected chi connectivity index (χ2v) is 16.1. The van der Waals surface area contributed by atoms with Gasteiger partial charge in [0.15, 0.2) is 17.6 Å². The standard InChI is InChI=1S/C46H44Cl2N4O7/c1-27-28(2)49-16-15-36(27)31-8-5-29(6-9-31)20-39(45(54)55)50-44(53)40-21-33-22-41-42(23-34(33)24-52(40)46(56)51-17-3-4-18-51)59-43(26-58-41)32-10-12-35(13-11-32)57-25-30-7-14-37(47)38(48)19-30/h5-16,19,22-23,39-40,43H,3-4,17-18,20-21,24-26H2,1-2H3,(H,50,53)(H,54,55)/t39-,40-,43+/m0/s1. The number of hydrogen-bond donors (Lipinski definition) is 2. The molecule has 4 heterocycles. The number of aryl methyl sites for hydroxylation is 1. The quantitative estimate of drug-likeness (QED) is 0.143. The maximum atomic E-state index is 14.1. The van der Waals surface area contributed by atoms with E-state index in [-0.39, 0.29) is 38.1 Å². The fraction of sp³-hybridized carbons (Fsp3) is 0.304. The van der Waals surface area contributed by atoms with Crippen molar-refractivity contribution >= 4 is 41.1 Å². The first-order chi connectivity index (χ1) is 28.5. The van der Waals surface area contributed by atoms with E-state index < -0.39 is 24.0 Å². The summed E-state index contributed by atoms with van der Waals surface area (Å²) in [6, 6.07) is 24.0. The molecule has 4 aromatic carbocycles. The van der Waals surface area contributed by atoms with Crippen molar-refractivity contribution in [3.63, 3.8) is 0 Å². The lowest BCUT2D eigenvalue weighted by atomic mass is 9.92. The van der Waals surface area contributed by atoms with E-state index >= 15 is 0 Å². The van der Waals surface area contributed by atoms with Gasteiger partial charge in [0.25, 0.3) is 0 Å². The maximum absolute atomic E-state index is 14.1. The number of carbonyl (C=O) groups is 3. The van der Waals surface area contributed by atoms with Crippen LogP contribution in [0.5, 0.6) is 17.2 Å². The van der Waals surface area contributed by atoms with Crippen LogP contribution in [-0.2, 0) is 35.6 Å². The third kappa shape index (κ3) is 8.82. The second kappa shape index (κ2) is 17.2. The van der Waals surface area contributed by atoms with Crippen molar-refractivity contribution in [2.75, 3.05) is 19.7 Å². The van der Waals surface area contributed by atoms with Crippen LogP contribution in [0.25, 0.3) is 11.1 Å². The number of aromatic nitrogens is 1. The lowest BCUT2D eigenvalue weighted by Crippen LogP contribution is -2.58. The molecule has 0 unspecified atom stereocenters. The first-order valence-electron chi connectivity index (χ1n) is 19.7. The summed E-state index contributed by atoms with van der Waals surface area (Å²) in [6.45, 7) is 5.94. The highest BCUT2D eigenvalue weighted by Crippen LogP contribution is 2.41. The number of halogens is 2. The molecule has 1 fully saturated rings. The molecule has 0 aliphatic carbocycles. The molecule has 0 radical (unpaired) electrons. The topological polar surface area (TPSA) is 131 Å². The zero-order chi connectivity index (χ0) is 41.2. The van der Waals surface area contributed by atoms with E-state index in [1.54, 1.807) is 28.1 Å². The number of amides is 3. The van der Waals surface area contributed by atoms with Crippen LogP contribution in [0.3, 0.4) is 0 Å². The van der Waals surface area contributed by atoms with Gasteiger partial charge in [-0.25, -0.2) is 9.59 Å². The minimum Gasteiger partial charge on any atom is -0.489 e. The number of nitrogens with one attached hydrogen (secondary N) is 1. The van der Waals surface area contributed by atoms with Crippen LogP contribution in [0, 0.1) is 13.8 Å². The van der Waals surface area contributed by atoms with Crippen LogP contribution in [0.4, 0.5) is 4.79 Å². The summed E-state index contributed by atoms with van der Waals surface area (Å²) in [6.07, 6.45) is 3.43. The second-order valence-electron chi connectivity index (χ2n) is 15.3. The monoisotopic (exact) mass is 834 g/mol. The number of likely N-dealkylation sites (tertiary alicyclic amines) is 1. The first-order valence-corrected chi connectivity index (χ1v) is 20.5. The molecule has 1 saturated heterocycles. The number of carboxylic acids is 1. The number of aliphatic carboxylic acids is 1. The summed E-state index contributed by atoms with van der Waals surface area (Å²) >= 11 is 12.2. The highest BCUT2D eigenvalue weighted by atomic mass is 35.5. The summed E-state index contributed by atoms with van der Waals surface area (Å²) in [5, 5.41) is 14.0. The molecule has 0 bridgehead atoms. The lowest BCUT2D eigenvalue weighted by Gasteiger charge is -2.39. The number of pyridine rings is 1. The van der Waals surface area contributed by atoms with E-state index in [1.807, 2.05) is 86.6 Å². The van der Waals surface area contributed by atoms with E-state index in [0.717, 1.165) is 63.0 Å². The molecule has 8 rings (SSSR count). The Morgan fingerprint density at radius 2 is 1.63 bits per heavy atom. The van der Waals surface area contributed by atoms with Crippen molar-refractivity contribution in [3.05, 3.63) is 140 Å². The van der Waals surface area contributed by atoms with Gasteiger partial charge in [-0.05, 0) is 114 Å². The summed E-state index contributed by atoms with van der Waals surface area (Å²) in [4.78, 5) is 48.4. The molecule has 2 N–H and O–H groups in total. The lowest BCUT2D eigenvalue weighted by molar-refractivity contribution is -0.142. The summed E-state index contributed by atoms with van der Waals surface area (Å²) in [5.41, 5.74) is 8.31. The maximum Gasteiger partial charge on any atom is 0.326 e. The van der Waals surface area contributed by atoms with Gasteiger partial charge in [-0.15, -0.1) is 0 Å². The number of fused-ring (bicyclic) bond motifs is 2. The zero-order valence-electron chi connectivity index (χ0n) is 32.8. The molecule has 5 aromatic rings. The minimum atomic E-state index is -1.20. The van der Waals surface area contributed by atoms with Gasteiger partial charge in [-0.1, -0.05) is 65.7 Å². The van der Waals surface area contributed by atoms with E-state index in [2.05, 4.69) is 10.3 Å². The highest BCUT2D eigenvalue weighted by molar-refractivity contribution is 6.42. The van der Waals surface area contributed by atoms with Gasteiger partial charge in [-0.2, -0.15) is 0 Å². The Labute approximate surface area is 352 Å². The van der Waals surface area contributed by atoms with Crippen LogP contribution >= 0.6 is 23.2 Å². The molecule has 11 nitrogen and oxygen atoms in total. The van der Waals surface area contributed by atoms with E-state index in [9.17, 15) is 19.5 Å². The Morgan fingerprint density at radius 3 is 2.36 bits per heavy atom. The fourth-order valence-corrected chi connectivity index (χ4v) is 8.21. The number of urea groups is 1. The van der Waals surface area contributed by atoms with Crippen LogP contribution in [0.15, 0.2) is 91.1 Å². The molecule has 3 atom stereocenters. The van der Waals surface area contributed by atoms with Crippen molar-refractivity contribution in [3.8, 4) is 28.4 Å². The zero-order valence-corrected chi connectivity index (χ0v) is 34.3. The van der Waals surface area contributed by atoms with Crippen molar-refractivity contribution in [1.29, 1.82) is 0 Å². The molecule has 0 spiro atoms. The molecule has 0 saturated carbocycles. The number of benzene rings is 4. The summed E-state index contributed by atoms with van der Waals surface area (Å²) in [7, 11) is 0. The molecule has 1 aromatic heterocycles. The molecular formula is C46H44Cl2N4O7. The predicted octanol–water partition coefficient (Wildman–Crippen LogP) is 8.52. The van der Waals surface area contributed by atoms with Gasteiger partial charge in [0.2, 0.25) is 5.91 Å². The third-order valence-corrected chi connectivity index (χ3v) is 12.1. The molecule has 13 heteroatoms. The van der Waals surface area contributed by atoms with Crippen LogP contribution in [-0.4, -0.2) is 69.6 Å². The largest absolute Gasteiger partial charge is 0.489 e. The van der Waals surface area contributed by atoms with E-state index in [4.69, 9.17) is 37.4 Å². The SMILES string of the molecule is Cc1nccc(-c2ccc(C[C@H](NC(=O)[C@@H]3Cc4cc5c(cc4CN3C(=O)N3CCCC3)O[C@@H](c3ccc(OCc4ccc(Cl)c(Cl)c4)cc3)CO5)C(=O)O)cc2)c1C. The van der Waals surface area contributed by atoms with Gasteiger partial charge in [0.1, 0.15) is 31.0 Å². The van der Waals surface area contributed by atoms with Gasteiger partial charge in [0, 0.05) is 44.4 Å². The third-order valence-electron chi connectivity index (χ3n) is 11.4. The average Bonchev–Trinajstić information content (AvgIpc) is 3.79. The predicted molar refractivity (Wildman–Crippen MR) is 224 cm³/mol. The van der Waals surface area contributed by atoms with Crippen molar-refractivity contribution < 1.29 is 33.7 Å². The molecule has 3 aliphatic rings. The van der Waals surface area contributed by atoms with Crippen molar-refractivity contribution in [2.45, 2.75) is 70.9 Å². The van der Waals surface area contributed by atoms with Crippen LogP contribution in [0.2, 0.25) is 10.0 Å². The number of carboxylic acid groups (broad SMARTS) is 1. The molecule has 3 aliphatic heterocycles. The summed E-state index contributed by atoms with van der Waals surface area (Å²) in [5.74, 6) is 0.0974. The Balaban J connectivity index is 0.964. The van der Waals surface area contributed by atoms with Gasteiger partial charge in [-0.3, -0.25) is 9.78 Å². The van der Waals surface area contributed by atoms with Gasteiger partial charge >= 0.3 is 12.0 Å². The Hall–Kier alpha value is -5.78. The smallest absolute Gasteiger partial charge is 0.326 e. The number of ether oxygens (including phenoxy) is 3.